The van der Waals surface area contributed by atoms with Gasteiger partial charge in [-0.2, -0.15) is 0 Å². The van der Waals surface area contributed by atoms with Crippen molar-refractivity contribution in [2.45, 2.75) is 26.3 Å². The summed E-state index contributed by atoms with van der Waals surface area (Å²) >= 11 is 7.39. The minimum Gasteiger partial charge on any atom is -0.310 e. The number of thiazole rings is 1. The fourth-order valence-electron chi connectivity index (χ4n) is 2.27. The van der Waals surface area contributed by atoms with E-state index >= 15 is 0 Å². The topological polar surface area (TPSA) is 28.2 Å². The zero-order valence-electron chi connectivity index (χ0n) is 10.3. The van der Waals surface area contributed by atoms with E-state index in [4.69, 9.17) is 11.6 Å². The summed E-state index contributed by atoms with van der Waals surface area (Å²) in [5.41, 5.74) is 0. The maximum absolute atomic E-state index is 5.84. The van der Waals surface area contributed by atoms with Crippen molar-refractivity contribution in [3.05, 3.63) is 15.5 Å². The van der Waals surface area contributed by atoms with E-state index in [1.807, 2.05) is 0 Å². The summed E-state index contributed by atoms with van der Waals surface area (Å²) in [6.45, 7) is 7.97. The fourth-order valence-corrected chi connectivity index (χ4v) is 3.19. The highest BCUT2D eigenvalue weighted by molar-refractivity contribution is 7.15. The molecule has 3 nitrogen and oxygen atoms in total. The van der Waals surface area contributed by atoms with E-state index in [1.54, 1.807) is 17.5 Å². The Balaban J connectivity index is 1.60. The van der Waals surface area contributed by atoms with E-state index in [9.17, 15) is 0 Å². The van der Waals surface area contributed by atoms with Crippen LogP contribution in [0.15, 0.2) is 6.20 Å². The Morgan fingerprint density at radius 2 is 2.29 bits per heavy atom. The molecular weight excluding hydrogens is 254 g/mol. The van der Waals surface area contributed by atoms with Gasteiger partial charge in [-0.15, -0.1) is 11.3 Å². The van der Waals surface area contributed by atoms with Crippen molar-refractivity contribution in [2.75, 3.05) is 26.2 Å². The molecule has 1 aromatic heterocycles. The molecule has 1 atom stereocenters. The predicted octanol–water partition coefficient (Wildman–Crippen LogP) is 2.62. The molecule has 2 rings (SSSR count). The lowest BCUT2D eigenvalue weighted by Gasteiger charge is -2.20. The Hall–Kier alpha value is -0.160. The Morgan fingerprint density at radius 3 is 2.94 bits per heavy atom. The van der Waals surface area contributed by atoms with Crippen molar-refractivity contribution in [1.82, 2.24) is 15.2 Å². The molecule has 0 amide bonds. The van der Waals surface area contributed by atoms with Gasteiger partial charge in [0.2, 0.25) is 0 Å². The lowest BCUT2D eigenvalue weighted by molar-refractivity contribution is 0.282. The molecule has 0 aliphatic carbocycles. The summed E-state index contributed by atoms with van der Waals surface area (Å²) < 4.78 is 0.770. The van der Waals surface area contributed by atoms with Crippen LogP contribution in [-0.2, 0) is 6.54 Å². The van der Waals surface area contributed by atoms with Crippen LogP contribution in [0.25, 0.3) is 0 Å². The Labute approximate surface area is 112 Å². The molecule has 0 radical (unpaired) electrons. The smallest absolute Gasteiger partial charge is 0.113 e. The molecule has 1 aromatic rings. The second-order valence-electron chi connectivity index (χ2n) is 4.80. The van der Waals surface area contributed by atoms with Gasteiger partial charge in [0.1, 0.15) is 9.34 Å². The first-order valence-electron chi connectivity index (χ1n) is 6.27. The molecule has 1 aliphatic rings. The Bertz CT molecular complexity index is 336. The summed E-state index contributed by atoms with van der Waals surface area (Å²) in [6.07, 6.45) is 4.46. The van der Waals surface area contributed by atoms with Gasteiger partial charge in [0.05, 0.1) is 6.20 Å². The molecule has 1 saturated heterocycles. The van der Waals surface area contributed by atoms with Crippen LogP contribution in [0.4, 0.5) is 0 Å². The largest absolute Gasteiger partial charge is 0.310 e. The highest BCUT2D eigenvalue weighted by atomic mass is 35.5. The molecule has 17 heavy (non-hydrogen) atoms. The summed E-state index contributed by atoms with van der Waals surface area (Å²) in [4.78, 5) is 6.79. The normalized spacial score (nSPS) is 18.7. The van der Waals surface area contributed by atoms with E-state index in [0.29, 0.717) is 5.92 Å². The van der Waals surface area contributed by atoms with Gasteiger partial charge in [0.15, 0.2) is 0 Å². The number of halogens is 1. The van der Waals surface area contributed by atoms with Crippen LogP contribution >= 0.6 is 22.9 Å². The van der Waals surface area contributed by atoms with Gasteiger partial charge in [-0.05, 0) is 38.4 Å². The molecule has 0 saturated carbocycles. The molecule has 0 spiro atoms. The average molecular weight is 274 g/mol. The monoisotopic (exact) mass is 273 g/mol. The van der Waals surface area contributed by atoms with Crippen LogP contribution in [-0.4, -0.2) is 36.1 Å². The first-order valence-corrected chi connectivity index (χ1v) is 7.47. The van der Waals surface area contributed by atoms with Crippen LogP contribution < -0.4 is 5.32 Å². The molecular formula is C12H20ClN3S. The van der Waals surface area contributed by atoms with Crippen molar-refractivity contribution in [1.29, 1.82) is 0 Å². The molecule has 1 aliphatic heterocycles. The number of hydrogen-bond acceptors (Lipinski definition) is 4. The van der Waals surface area contributed by atoms with Crippen LogP contribution in [0.5, 0.6) is 0 Å². The maximum Gasteiger partial charge on any atom is 0.113 e. The zero-order chi connectivity index (χ0) is 12.1. The molecule has 0 bridgehead atoms. The van der Waals surface area contributed by atoms with Gasteiger partial charge in [-0.25, -0.2) is 4.98 Å². The SMILES string of the molecule is CC(CNCc1ncc(Cl)s1)CN1CCCC1. The van der Waals surface area contributed by atoms with Gasteiger partial charge in [-0.3, -0.25) is 0 Å². The first-order chi connectivity index (χ1) is 8.24. The highest BCUT2D eigenvalue weighted by Crippen LogP contribution is 2.17. The van der Waals surface area contributed by atoms with Crippen LogP contribution in [0, 0.1) is 5.92 Å². The van der Waals surface area contributed by atoms with Gasteiger partial charge in [0, 0.05) is 13.1 Å². The van der Waals surface area contributed by atoms with Gasteiger partial charge >= 0.3 is 0 Å². The lowest BCUT2D eigenvalue weighted by atomic mass is 10.1. The van der Waals surface area contributed by atoms with Crippen LogP contribution in [0.2, 0.25) is 4.34 Å². The third-order valence-electron chi connectivity index (χ3n) is 3.06. The first kappa shape index (κ1) is 13.3. The third kappa shape index (κ3) is 4.54. The second kappa shape index (κ2) is 6.69. The minimum atomic E-state index is 0.698. The number of rotatable bonds is 6. The summed E-state index contributed by atoms with van der Waals surface area (Å²) in [6, 6.07) is 0. The van der Waals surface area contributed by atoms with Gasteiger partial charge < -0.3 is 10.2 Å². The molecule has 96 valence electrons. The number of likely N-dealkylation sites (tertiary alicyclic amines) is 1. The maximum atomic E-state index is 5.84. The fraction of sp³-hybridized carbons (Fsp3) is 0.750. The quantitative estimate of drug-likeness (QED) is 0.864. The minimum absolute atomic E-state index is 0.698. The Kier molecular flexibility index (Phi) is 5.22. The average Bonchev–Trinajstić information content (AvgIpc) is 2.90. The van der Waals surface area contributed by atoms with Gasteiger partial charge in [0.25, 0.3) is 0 Å². The summed E-state index contributed by atoms with van der Waals surface area (Å²) in [5.74, 6) is 0.698. The van der Waals surface area contributed by atoms with Crippen molar-refractivity contribution < 1.29 is 0 Å². The molecule has 1 unspecified atom stereocenters. The zero-order valence-corrected chi connectivity index (χ0v) is 11.9. The highest BCUT2D eigenvalue weighted by Gasteiger charge is 2.14. The van der Waals surface area contributed by atoms with E-state index in [-0.39, 0.29) is 0 Å². The van der Waals surface area contributed by atoms with Crippen molar-refractivity contribution in [2.24, 2.45) is 5.92 Å². The number of nitrogens with one attached hydrogen (secondary N) is 1. The molecule has 0 aromatic carbocycles. The molecule has 2 heterocycles. The number of aromatic nitrogens is 1. The molecule has 1 fully saturated rings. The van der Waals surface area contributed by atoms with E-state index in [0.717, 1.165) is 22.4 Å². The van der Waals surface area contributed by atoms with Crippen molar-refractivity contribution >= 4 is 22.9 Å². The number of nitrogens with zero attached hydrogens (tertiary/aromatic N) is 2. The lowest BCUT2D eigenvalue weighted by Crippen LogP contribution is -2.31. The van der Waals surface area contributed by atoms with E-state index < -0.39 is 0 Å². The molecule has 1 N–H and O–H groups in total. The number of hydrogen-bond donors (Lipinski definition) is 1. The summed E-state index contributed by atoms with van der Waals surface area (Å²) in [7, 11) is 0. The predicted molar refractivity (Wildman–Crippen MR) is 73.7 cm³/mol. The van der Waals surface area contributed by atoms with E-state index in [2.05, 4.69) is 22.1 Å². The van der Waals surface area contributed by atoms with Crippen molar-refractivity contribution in [3.63, 3.8) is 0 Å². The summed E-state index contributed by atoms with van der Waals surface area (Å²) in [5, 5.41) is 4.52. The molecule has 5 heteroatoms. The Morgan fingerprint density at radius 1 is 1.53 bits per heavy atom. The van der Waals surface area contributed by atoms with Crippen LogP contribution in [0.3, 0.4) is 0 Å². The van der Waals surface area contributed by atoms with Crippen molar-refractivity contribution in [3.8, 4) is 0 Å². The second-order valence-corrected chi connectivity index (χ2v) is 6.55. The standard InChI is InChI=1S/C12H20ClN3S/c1-10(9-16-4-2-3-5-16)6-14-8-12-15-7-11(13)17-12/h7,10,14H,2-6,8-9H2,1H3. The van der Waals surface area contributed by atoms with Gasteiger partial charge in [-0.1, -0.05) is 18.5 Å². The van der Waals surface area contributed by atoms with E-state index in [1.165, 1.54) is 32.5 Å². The van der Waals surface area contributed by atoms with Crippen LogP contribution in [0.1, 0.15) is 24.8 Å². The third-order valence-corrected chi connectivity index (χ3v) is 4.18.